The maximum Gasteiger partial charge on any atom is 0.238 e. The van der Waals surface area contributed by atoms with Crippen LogP contribution in [0.3, 0.4) is 0 Å². The molecule has 0 aliphatic rings. The molecule has 1 aromatic carbocycles. The van der Waals surface area contributed by atoms with Gasteiger partial charge in [0.05, 0.1) is 23.6 Å². The molecule has 5 nitrogen and oxygen atoms in total. The van der Waals surface area contributed by atoms with Crippen molar-refractivity contribution in [3.05, 3.63) is 53.9 Å². The number of nitrogen functional groups attached to an aromatic ring is 1. The first kappa shape index (κ1) is 15.0. The second-order valence-corrected chi connectivity index (χ2v) is 5.08. The second-order valence-electron chi connectivity index (χ2n) is 5.08. The van der Waals surface area contributed by atoms with Gasteiger partial charge in [0, 0.05) is 12.2 Å². The van der Waals surface area contributed by atoms with Crippen molar-refractivity contribution in [2.45, 2.75) is 13.5 Å². The van der Waals surface area contributed by atoms with Gasteiger partial charge in [-0.2, -0.15) is 0 Å². The van der Waals surface area contributed by atoms with Crippen LogP contribution in [0.4, 0.5) is 11.4 Å². The van der Waals surface area contributed by atoms with Crippen LogP contribution in [0.25, 0.3) is 0 Å². The van der Waals surface area contributed by atoms with Crippen LogP contribution in [0.15, 0.2) is 42.5 Å². The lowest BCUT2D eigenvalue weighted by atomic mass is 10.2. The number of anilines is 2. The van der Waals surface area contributed by atoms with Crippen LogP contribution < -0.4 is 11.1 Å². The van der Waals surface area contributed by atoms with E-state index in [1.807, 2.05) is 49.2 Å². The predicted octanol–water partition coefficient (Wildman–Crippen LogP) is 2.04. The highest BCUT2D eigenvalue weighted by molar-refractivity contribution is 5.95. The summed E-state index contributed by atoms with van der Waals surface area (Å²) in [7, 11) is 1.89. The molecule has 0 saturated heterocycles. The third-order valence-electron chi connectivity index (χ3n) is 3.03. The first-order valence-corrected chi connectivity index (χ1v) is 6.80. The van der Waals surface area contributed by atoms with E-state index in [2.05, 4.69) is 10.3 Å². The van der Waals surface area contributed by atoms with E-state index in [1.54, 1.807) is 12.1 Å². The van der Waals surface area contributed by atoms with E-state index in [0.717, 1.165) is 11.4 Å². The highest BCUT2D eigenvalue weighted by Gasteiger charge is 2.09. The lowest BCUT2D eigenvalue weighted by molar-refractivity contribution is -0.117. The van der Waals surface area contributed by atoms with Gasteiger partial charge in [-0.15, -0.1) is 0 Å². The number of nitrogens with one attached hydrogen (secondary N) is 1. The summed E-state index contributed by atoms with van der Waals surface area (Å²) in [5, 5.41) is 2.81. The molecular formula is C16H20N4O. The monoisotopic (exact) mass is 284 g/mol. The van der Waals surface area contributed by atoms with Gasteiger partial charge in [-0.25, -0.2) is 0 Å². The summed E-state index contributed by atoms with van der Waals surface area (Å²) < 4.78 is 0. The Labute approximate surface area is 124 Å². The molecule has 0 aliphatic heterocycles. The van der Waals surface area contributed by atoms with E-state index in [9.17, 15) is 4.79 Å². The fourth-order valence-electron chi connectivity index (χ4n) is 2.07. The molecule has 0 unspecified atom stereocenters. The quantitative estimate of drug-likeness (QED) is 0.824. The number of carbonyl (C=O) groups excluding carboxylic acids is 1. The van der Waals surface area contributed by atoms with E-state index >= 15 is 0 Å². The van der Waals surface area contributed by atoms with Crippen LogP contribution in [0.5, 0.6) is 0 Å². The zero-order chi connectivity index (χ0) is 15.2. The molecule has 3 N–H and O–H groups in total. The van der Waals surface area contributed by atoms with Gasteiger partial charge in [-0.1, -0.05) is 18.2 Å². The third-order valence-corrected chi connectivity index (χ3v) is 3.03. The number of benzene rings is 1. The minimum atomic E-state index is -0.0944. The van der Waals surface area contributed by atoms with Crippen LogP contribution in [-0.4, -0.2) is 29.4 Å². The lowest BCUT2D eigenvalue weighted by Gasteiger charge is -2.16. The molecule has 1 aromatic heterocycles. The molecule has 0 aliphatic carbocycles. The topological polar surface area (TPSA) is 71.2 Å². The molecule has 0 fully saturated rings. The lowest BCUT2D eigenvalue weighted by Crippen LogP contribution is -2.30. The van der Waals surface area contributed by atoms with E-state index in [0.29, 0.717) is 17.9 Å². The first-order valence-electron chi connectivity index (χ1n) is 6.80. The zero-order valence-electron chi connectivity index (χ0n) is 12.3. The van der Waals surface area contributed by atoms with Crippen LogP contribution in [0, 0.1) is 6.92 Å². The number of nitrogens with zero attached hydrogens (tertiary/aromatic N) is 2. The smallest absolute Gasteiger partial charge is 0.238 e. The normalized spacial score (nSPS) is 10.6. The molecule has 0 radical (unpaired) electrons. The summed E-state index contributed by atoms with van der Waals surface area (Å²) in [4.78, 5) is 18.3. The SMILES string of the molecule is Cc1cccc(CN(C)CC(=O)Nc2ccccc2N)n1. The van der Waals surface area contributed by atoms with Crippen LogP contribution in [0.1, 0.15) is 11.4 Å². The van der Waals surface area contributed by atoms with Gasteiger partial charge in [0.15, 0.2) is 0 Å². The molecular weight excluding hydrogens is 264 g/mol. The minimum Gasteiger partial charge on any atom is -0.397 e. The Bertz CT molecular complexity index is 627. The number of nitrogens with two attached hydrogens (primary N) is 1. The van der Waals surface area contributed by atoms with Gasteiger partial charge in [0.2, 0.25) is 5.91 Å². The number of aryl methyl sites for hydroxylation is 1. The van der Waals surface area contributed by atoms with Gasteiger partial charge >= 0.3 is 0 Å². The highest BCUT2D eigenvalue weighted by atomic mass is 16.2. The van der Waals surface area contributed by atoms with Gasteiger partial charge < -0.3 is 11.1 Å². The van der Waals surface area contributed by atoms with Crippen molar-refractivity contribution in [1.29, 1.82) is 0 Å². The summed E-state index contributed by atoms with van der Waals surface area (Å²) in [6.07, 6.45) is 0. The predicted molar refractivity (Wildman–Crippen MR) is 84.8 cm³/mol. The molecule has 1 amide bonds. The molecule has 0 spiro atoms. The van der Waals surface area contributed by atoms with Crippen molar-refractivity contribution in [2.24, 2.45) is 0 Å². The Balaban J connectivity index is 1.89. The Kier molecular flexibility index (Phi) is 4.90. The van der Waals surface area contributed by atoms with Gasteiger partial charge in [0.25, 0.3) is 0 Å². The van der Waals surface area contributed by atoms with Crippen molar-refractivity contribution >= 4 is 17.3 Å². The number of hydrogen-bond acceptors (Lipinski definition) is 4. The number of carbonyl (C=O) groups is 1. The largest absolute Gasteiger partial charge is 0.397 e. The highest BCUT2D eigenvalue weighted by Crippen LogP contribution is 2.16. The van der Waals surface area contributed by atoms with Gasteiger partial charge in [-0.3, -0.25) is 14.7 Å². The van der Waals surface area contributed by atoms with Crippen molar-refractivity contribution in [3.8, 4) is 0 Å². The number of pyridine rings is 1. The van der Waals surface area contributed by atoms with Gasteiger partial charge in [-0.05, 0) is 38.2 Å². The maximum atomic E-state index is 12.0. The Morgan fingerprint density at radius 3 is 2.71 bits per heavy atom. The van der Waals surface area contributed by atoms with Crippen molar-refractivity contribution in [2.75, 3.05) is 24.6 Å². The molecule has 0 atom stereocenters. The van der Waals surface area contributed by atoms with Crippen molar-refractivity contribution in [1.82, 2.24) is 9.88 Å². The molecule has 1 heterocycles. The second kappa shape index (κ2) is 6.85. The molecule has 21 heavy (non-hydrogen) atoms. The molecule has 2 rings (SSSR count). The summed E-state index contributed by atoms with van der Waals surface area (Å²) in [5.74, 6) is -0.0944. The third kappa shape index (κ3) is 4.57. The zero-order valence-corrected chi connectivity index (χ0v) is 12.3. The van der Waals surface area contributed by atoms with Crippen molar-refractivity contribution < 1.29 is 4.79 Å². The van der Waals surface area contributed by atoms with Crippen molar-refractivity contribution in [3.63, 3.8) is 0 Å². The van der Waals surface area contributed by atoms with E-state index in [4.69, 9.17) is 5.73 Å². The number of likely N-dealkylation sites (N-methyl/N-ethyl adjacent to an activating group) is 1. The number of aromatic nitrogens is 1. The van der Waals surface area contributed by atoms with Gasteiger partial charge in [0.1, 0.15) is 0 Å². The molecule has 2 aromatic rings. The van der Waals surface area contributed by atoms with Crippen LogP contribution in [-0.2, 0) is 11.3 Å². The Hall–Kier alpha value is -2.40. The van der Waals surface area contributed by atoms with E-state index < -0.39 is 0 Å². The summed E-state index contributed by atoms with van der Waals surface area (Å²) in [6, 6.07) is 13.1. The first-order chi connectivity index (χ1) is 10.0. The van der Waals surface area contributed by atoms with E-state index in [-0.39, 0.29) is 12.5 Å². The Morgan fingerprint density at radius 1 is 1.24 bits per heavy atom. The standard InChI is InChI=1S/C16H20N4O/c1-12-6-5-7-13(18-12)10-20(2)11-16(21)19-15-9-4-3-8-14(15)17/h3-9H,10-11,17H2,1-2H3,(H,19,21). The molecule has 0 saturated carbocycles. The average molecular weight is 284 g/mol. The maximum absolute atomic E-state index is 12.0. The molecule has 5 heteroatoms. The number of para-hydroxylation sites is 2. The summed E-state index contributed by atoms with van der Waals surface area (Å²) >= 11 is 0. The average Bonchev–Trinajstić information content (AvgIpc) is 2.41. The van der Waals surface area contributed by atoms with E-state index in [1.165, 1.54) is 0 Å². The summed E-state index contributed by atoms with van der Waals surface area (Å²) in [5.41, 5.74) is 8.93. The fourth-order valence-corrected chi connectivity index (χ4v) is 2.07. The Morgan fingerprint density at radius 2 is 2.00 bits per heavy atom. The number of rotatable bonds is 5. The minimum absolute atomic E-state index is 0.0944. The summed E-state index contributed by atoms with van der Waals surface area (Å²) in [6.45, 7) is 2.86. The number of amides is 1. The van der Waals surface area contributed by atoms with Crippen LogP contribution >= 0.6 is 0 Å². The molecule has 110 valence electrons. The number of hydrogen-bond donors (Lipinski definition) is 2. The van der Waals surface area contributed by atoms with Crippen LogP contribution in [0.2, 0.25) is 0 Å². The fraction of sp³-hybridized carbons (Fsp3) is 0.250. The molecule has 0 bridgehead atoms.